The number of aromatic nitrogens is 8. The standard InChI is InChI=1S/C20H20FN7.C19H17FN6O/c1-12-23-16-9-4-13(21)10-17(16)28(12)20-25-18(22)11-19(26-20)24-14-5-7-15(8-6-14)27(2)3;1-11-22-15-8-3-12(20)9-16(15)26(11)19-24-17(21)10-18(25-19)23-13-4-6-14(27-2)7-5-13/h4-11H,1-3H3,(H3,22,24,25,26);3-10H,1-2H3,(H3,21,23,24,25). The molecule has 0 amide bonds. The number of hydrogen-bond donors (Lipinski definition) is 4. The molecule has 0 bridgehead atoms. The Morgan fingerprint density at radius 2 is 1.02 bits per heavy atom. The van der Waals surface area contributed by atoms with Crippen LogP contribution in [0.1, 0.15) is 11.6 Å². The van der Waals surface area contributed by atoms with Crippen molar-refractivity contribution in [2.24, 2.45) is 0 Å². The topological polar surface area (TPSA) is 176 Å². The third-order valence-electron chi connectivity index (χ3n) is 8.46. The van der Waals surface area contributed by atoms with E-state index in [9.17, 15) is 8.78 Å². The third kappa shape index (κ3) is 7.87. The lowest BCUT2D eigenvalue weighted by Gasteiger charge is -2.14. The van der Waals surface area contributed by atoms with Gasteiger partial charge in [-0.1, -0.05) is 0 Å². The first-order valence-electron chi connectivity index (χ1n) is 17.0. The van der Waals surface area contributed by atoms with Gasteiger partial charge >= 0.3 is 0 Å². The molecule has 0 fully saturated rings. The summed E-state index contributed by atoms with van der Waals surface area (Å²) in [6.45, 7) is 3.62. The molecule has 278 valence electrons. The smallest absolute Gasteiger partial charge is 0.239 e. The fourth-order valence-corrected chi connectivity index (χ4v) is 5.89. The van der Waals surface area contributed by atoms with Gasteiger partial charge < -0.3 is 31.7 Å². The first-order valence-corrected chi connectivity index (χ1v) is 17.0. The second kappa shape index (κ2) is 14.9. The van der Waals surface area contributed by atoms with Gasteiger partial charge in [-0.05, 0) is 86.6 Å². The molecule has 0 saturated carbocycles. The zero-order valence-electron chi connectivity index (χ0n) is 30.6. The molecule has 14 nitrogen and oxygen atoms in total. The number of hydrogen-bond acceptors (Lipinski definition) is 12. The molecule has 0 saturated heterocycles. The van der Waals surface area contributed by atoms with Gasteiger partial charge in [0.2, 0.25) is 11.9 Å². The first-order chi connectivity index (χ1) is 26.4. The van der Waals surface area contributed by atoms with Gasteiger partial charge in [-0.3, -0.25) is 9.13 Å². The summed E-state index contributed by atoms with van der Waals surface area (Å²) < 4.78 is 36.0. The Morgan fingerprint density at radius 3 is 1.44 bits per heavy atom. The summed E-state index contributed by atoms with van der Waals surface area (Å²) in [7, 11) is 5.58. The van der Waals surface area contributed by atoms with E-state index in [0.29, 0.717) is 63.1 Å². The van der Waals surface area contributed by atoms with Gasteiger partial charge in [0.15, 0.2) is 0 Å². The number of imidazole rings is 2. The van der Waals surface area contributed by atoms with Gasteiger partial charge in [-0.15, -0.1) is 0 Å². The van der Waals surface area contributed by atoms with Crippen molar-refractivity contribution >= 4 is 62.4 Å². The van der Waals surface area contributed by atoms with Crippen LogP contribution in [0.25, 0.3) is 34.0 Å². The highest BCUT2D eigenvalue weighted by Gasteiger charge is 2.16. The minimum atomic E-state index is -0.357. The van der Waals surface area contributed by atoms with Crippen LogP contribution in [-0.2, 0) is 0 Å². The number of methoxy groups -OCH3 is 1. The van der Waals surface area contributed by atoms with E-state index in [0.717, 1.165) is 22.8 Å². The lowest BCUT2D eigenvalue weighted by atomic mass is 10.2. The van der Waals surface area contributed by atoms with E-state index in [1.165, 1.54) is 24.3 Å². The molecule has 8 aromatic rings. The van der Waals surface area contributed by atoms with Crippen molar-refractivity contribution in [1.82, 2.24) is 39.0 Å². The summed E-state index contributed by atoms with van der Waals surface area (Å²) in [5.74, 6) is 3.62. The zero-order chi connectivity index (χ0) is 38.8. The molecule has 16 heteroatoms. The molecule has 4 aromatic heterocycles. The molecule has 0 unspecified atom stereocenters. The largest absolute Gasteiger partial charge is 0.497 e. The van der Waals surface area contributed by atoms with Crippen molar-refractivity contribution in [3.8, 4) is 17.6 Å². The van der Waals surface area contributed by atoms with Crippen LogP contribution in [0.15, 0.2) is 97.1 Å². The van der Waals surface area contributed by atoms with Gasteiger partial charge in [0.05, 0.1) is 29.2 Å². The molecule has 4 heterocycles. The van der Waals surface area contributed by atoms with Crippen LogP contribution in [0.2, 0.25) is 0 Å². The molecule has 0 radical (unpaired) electrons. The number of aryl methyl sites for hydroxylation is 2. The molecule has 0 aliphatic carbocycles. The maximum atomic E-state index is 13.8. The Morgan fingerprint density at radius 1 is 0.582 bits per heavy atom. The second-order valence-corrected chi connectivity index (χ2v) is 12.6. The molecule has 0 aliphatic rings. The number of rotatable bonds is 8. The van der Waals surface area contributed by atoms with E-state index in [1.54, 1.807) is 47.4 Å². The van der Waals surface area contributed by atoms with Crippen LogP contribution in [-0.4, -0.2) is 60.2 Å². The second-order valence-electron chi connectivity index (χ2n) is 12.6. The minimum Gasteiger partial charge on any atom is -0.497 e. The highest BCUT2D eigenvalue weighted by molar-refractivity contribution is 5.79. The number of nitrogen functional groups attached to an aromatic ring is 2. The fraction of sp³-hybridized carbons (Fsp3) is 0.128. The van der Waals surface area contributed by atoms with Crippen LogP contribution < -0.4 is 31.7 Å². The Kier molecular flexibility index (Phi) is 9.78. The van der Waals surface area contributed by atoms with E-state index >= 15 is 0 Å². The average Bonchev–Trinajstić information content (AvgIpc) is 3.65. The van der Waals surface area contributed by atoms with E-state index in [1.807, 2.05) is 74.4 Å². The highest BCUT2D eigenvalue weighted by atomic mass is 19.1. The summed E-state index contributed by atoms with van der Waals surface area (Å²) >= 11 is 0. The fourth-order valence-electron chi connectivity index (χ4n) is 5.89. The number of nitrogens with one attached hydrogen (secondary N) is 2. The lowest BCUT2D eigenvalue weighted by molar-refractivity contribution is 0.415. The molecular weight excluding hydrogens is 705 g/mol. The predicted octanol–water partition coefficient (Wildman–Crippen LogP) is 7.25. The van der Waals surface area contributed by atoms with Crippen molar-refractivity contribution < 1.29 is 13.5 Å². The van der Waals surface area contributed by atoms with Gasteiger partial charge in [0.25, 0.3) is 0 Å². The van der Waals surface area contributed by atoms with E-state index in [4.69, 9.17) is 16.2 Å². The quantitative estimate of drug-likeness (QED) is 0.123. The number of halogens is 2. The number of nitrogens with zero attached hydrogens (tertiary/aromatic N) is 9. The van der Waals surface area contributed by atoms with Gasteiger partial charge in [-0.2, -0.15) is 19.9 Å². The van der Waals surface area contributed by atoms with Crippen LogP contribution in [0, 0.1) is 25.5 Å². The van der Waals surface area contributed by atoms with Gasteiger partial charge in [0, 0.05) is 55.4 Å². The van der Waals surface area contributed by atoms with E-state index in [-0.39, 0.29) is 17.5 Å². The van der Waals surface area contributed by atoms with E-state index < -0.39 is 0 Å². The maximum Gasteiger partial charge on any atom is 0.239 e. The predicted molar refractivity (Wildman–Crippen MR) is 212 cm³/mol. The Labute approximate surface area is 314 Å². The van der Waals surface area contributed by atoms with E-state index in [2.05, 4.69) is 40.5 Å². The molecular formula is C39H37F2N13O. The lowest BCUT2D eigenvalue weighted by Crippen LogP contribution is -2.09. The monoisotopic (exact) mass is 741 g/mol. The molecule has 4 aromatic carbocycles. The molecule has 55 heavy (non-hydrogen) atoms. The number of benzene rings is 4. The highest BCUT2D eigenvalue weighted by Crippen LogP contribution is 2.26. The van der Waals surface area contributed by atoms with Crippen LogP contribution in [0.5, 0.6) is 5.75 Å². The summed E-state index contributed by atoms with van der Waals surface area (Å²) in [6, 6.07) is 27.4. The number of nitrogens with two attached hydrogens (primary N) is 2. The average molecular weight is 742 g/mol. The van der Waals surface area contributed by atoms with Crippen molar-refractivity contribution in [2.75, 3.05) is 48.2 Å². The molecule has 0 atom stereocenters. The first kappa shape index (κ1) is 36.0. The van der Waals surface area contributed by atoms with Crippen LogP contribution in [0.3, 0.4) is 0 Å². The SMILES string of the molecule is COc1ccc(Nc2cc(N)nc(-n3c(C)nc4ccc(F)cc43)n2)cc1.Cc1nc2ccc(F)cc2n1-c1nc(N)cc(Nc2ccc(N(C)C)cc2)n1. The molecule has 6 N–H and O–H groups in total. The van der Waals surface area contributed by atoms with Crippen molar-refractivity contribution in [2.45, 2.75) is 13.8 Å². The van der Waals surface area contributed by atoms with Gasteiger partial charge in [0.1, 0.15) is 52.3 Å². The molecule has 8 rings (SSSR count). The number of fused-ring (bicyclic) bond motifs is 2. The maximum absolute atomic E-state index is 13.8. The minimum absolute atomic E-state index is 0.286. The van der Waals surface area contributed by atoms with Crippen molar-refractivity contribution in [1.29, 1.82) is 0 Å². The third-order valence-corrected chi connectivity index (χ3v) is 8.46. The summed E-state index contributed by atoms with van der Waals surface area (Å²) in [5, 5.41) is 6.42. The number of ether oxygens (including phenoxy) is 1. The Balaban J connectivity index is 0.000000169. The normalized spacial score (nSPS) is 11.0. The zero-order valence-corrected chi connectivity index (χ0v) is 30.6. The van der Waals surface area contributed by atoms with Crippen LogP contribution in [0.4, 0.5) is 49.1 Å². The van der Waals surface area contributed by atoms with Crippen LogP contribution >= 0.6 is 0 Å². The van der Waals surface area contributed by atoms with Crippen molar-refractivity contribution in [3.63, 3.8) is 0 Å². The summed E-state index contributed by atoms with van der Waals surface area (Å²) in [4.78, 5) is 28.6. The summed E-state index contributed by atoms with van der Waals surface area (Å²) in [5.41, 5.74) is 17.2. The summed E-state index contributed by atoms with van der Waals surface area (Å²) in [6.07, 6.45) is 0. The Bertz CT molecular complexity index is 2640. The molecule has 0 aliphatic heterocycles. The van der Waals surface area contributed by atoms with Crippen molar-refractivity contribution in [3.05, 3.63) is 120 Å². The van der Waals surface area contributed by atoms with Gasteiger partial charge in [-0.25, -0.2) is 18.7 Å². The number of anilines is 7. The molecule has 0 spiro atoms. The Hall–Kier alpha value is -7.36.